The molecule has 0 saturated heterocycles. The Labute approximate surface area is 123 Å². The summed E-state index contributed by atoms with van der Waals surface area (Å²) in [6, 6.07) is 4.13. The van der Waals surface area contributed by atoms with Gasteiger partial charge in [-0.15, -0.1) is 0 Å². The van der Waals surface area contributed by atoms with E-state index in [1.54, 1.807) is 0 Å². The highest BCUT2D eigenvalue weighted by atomic mass is 16.6. The fourth-order valence-electron chi connectivity index (χ4n) is 2.18. The summed E-state index contributed by atoms with van der Waals surface area (Å²) in [7, 11) is 0. The Balaban J connectivity index is 3.28. The van der Waals surface area contributed by atoms with E-state index in [1.165, 1.54) is 0 Å². The van der Waals surface area contributed by atoms with Crippen molar-refractivity contribution in [2.45, 2.75) is 65.8 Å². The molecule has 3 nitrogen and oxygen atoms in total. The van der Waals surface area contributed by atoms with E-state index in [1.807, 2.05) is 6.92 Å². The van der Waals surface area contributed by atoms with Crippen LogP contribution in [0.4, 0.5) is 0 Å². The number of phenolic OH excluding ortho intramolecular Hbond substituents is 1. The Morgan fingerprint density at radius 3 is 1.80 bits per heavy atom. The zero-order valence-electron chi connectivity index (χ0n) is 13.9. The Kier molecular flexibility index (Phi) is 5.22. The van der Waals surface area contributed by atoms with Crippen LogP contribution >= 0.6 is 0 Å². The lowest BCUT2D eigenvalue weighted by atomic mass is 9.78. The molecule has 0 saturated carbocycles. The van der Waals surface area contributed by atoms with E-state index >= 15 is 0 Å². The van der Waals surface area contributed by atoms with Gasteiger partial charge < -0.3 is 9.94 Å². The summed E-state index contributed by atoms with van der Waals surface area (Å²) in [6.07, 6.45) is 0. The van der Waals surface area contributed by atoms with Gasteiger partial charge in [-0.3, -0.25) is 0 Å². The van der Waals surface area contributed by atoms with E-state index in [0.29, 0.717) is 18.9 Å². The predicted octanol–water partition coefficient (Wildman–Crippen LogP) is 4.03. The van der Waals surface area contributed by atoms with Gasteiger partial charge in [-0.2, -0.15) is 5.48 Å². The summed E-state index contributed by atoms with van der Waals surface area (Å²) in [6.45, 7) is 15.9. The third kappa shape index (κ3) is 4.22. The number of rotatable bonds is 4. The first-order valence-electron chi connectivity index (χ1n) is 7.29. The quantitative estimate of drug-likeness (QED) is 0.646. The van der Waals surface area contributed by atoms with Crippen LogP contribution in [0.3, 0.4) is 0 Å². The molecule has 0 heterocycles. The van der Waals surface area contributed by atoms with Crippen LogP contribution in [0.25, 0.3) is 0 Å². The summed E-state index contributed by atoms with van der Waals surface area (Å²) in [4.78, 5) is 5.21. The first kappa shape index (κ1) is 17.0. The largest absolute Gasteiger partial charge is 0.507 e. The monoisotopic (exact) mass is 279 g/mol. The SMILES string of the molecule is CCONCc1cc(C(C)(C)C)c(O)c(C(C)(C)C)c1. The number of hydrogen-bond donors (Lipinski definition) is 2. The lowest BCUT2D eigenvalue weighted by Crippen LogP contribution is -2.20. The van der Waals surface area contributed by atoms with Gasteiger partial charge in [-0.05, 0) is 34.4 Å². The minimum absolute atomic E-state index is 0.0916. The molecule has 1 aromatic rings. The smallest absolute Gasteiger partial charge is 0.123 e. The number of nitrogens with one attached hydrogen (secondary N) is 1. The van der Waals surface area contributed by atoms with E-state index in [0.717, 1.165) is 16.7 Å². The molecule has 20 heavy (non-hydrogen) atoms. The summed E-state index contributed by atoms with van der Waals surface area (Å²) in [5, 5.41) is 10.6. The standard InChI is InChI=1S/C17H29NO2/c1-8-20-18-11-12-9-13(16(2,3)4)15(19)14(10-12)17(5,6)7/h9-10,18-19H,8,11H2,1-7H3. The molecule has 0 aliphatic carbocycles. The van der Waals surface area contributed by atoms with Crippen molar-refractivity contribution in [3.8, 4) is 5.75 Å². The van der Waals surface area contributed by atoms with Crippen molar-refractivity contribution in [3.63, 3.8) is 0 Å². The molecule has 0 unspecified atom stereocenters. The van der Waals surface area contributed by atoms with Gasteiger partial charge in [0.05, 0.1) is 6.61 Å². The Morgan fingerprint density at radius 1 is 1.00 bits per heavy atom. The first-order chi connectivity index (χ1) is 9.07. The van der Waals surface area contributed by atoms with E-state index in [-0.39, 0.29) is 10.8 Å². The van der Waals surface area contributed by atoms with Crippen molar-refractivity contribution < 1.29 is 9.94 Å². The molecule has 0 aliphatic rings. The molecule has 0 fully saturated rings. The molecular formula is C17H29NO2. The van der Waals surface area contributed by atoms with E-state index < -0.39 is 0 Å². The second-order valence-corrected chi connectivity index (χ2v) is 7.29. The minimum atomic E-state index is -0.0916. The number of phenols is 1. The summed E-state index contributed by atoms with van der Waals surface area (Å²) in [5.74, 6) is 0.421. The molecule has 1 aromatic carbocycles. The average molecular weight is 279 g/mol. The summed E-state index contributed by atoms with van der Waals surface area (Å²) in [5.41, 5.74) is 5.86. The number of benzene rings is 1. The van der Waals surface area contributed by atoms with Crippen molar-refractivity contribution in [1.29, 1.82) is 0 Å². The molecule has 2 N–H and O–H groups in total. The van der Waals surface area contributed by atoms with Gasteiger partial charge >= 0.3 is 0 Å². The third-order valence-corrected chi connectivity index (χ3v) is 3.31. The van der Waals surface area contributed by atoms with E-state index in [4.69, 9.17) is 4.84 Å². The normalized spacial score (nSPS) is 12.8. The molecule has 0 aliphatic heterocycles. The summed E-state index contributed by atoms with van der Waals surface area (Å²) < 4.78 is 0. The third-order valence-electron chi connectivity index (χ3n) is 3.31. The molecule has 0 atom stereocenters. The highest BCUT2D eigenvalue weighted by Gasteiger charge is 2.26. The van der Waals surface area contributed by atoms with Crippen molar-refractivity contribution >= 4 is 0 Å². The highest BCUT2D eigenvalue weighted by Crippen LogP contribution is 2.39. The number of hydrogen-bond acceptors (Lipinski definition) is 3. The van der Waals surface area contributed by atoms with Crippen LogP contribution in [0.2, 0.25) is 0 Å². The van der Waals surface area contributed by atoms with Crippen LogP contribution in [-0.2, 0) is 22.2 Å². The van der Waals surface area contributed by atoms with Gasteiger partial charge in [0.25, 0.3) is 0 Å². The second-order valence-electron chi connectivity index (χ2n) is 7.29. The Hall–Kier alpha value is -1.06. The van der Waals surface area contributed by atoms with E-state index in [2.05, 4.69) is 59.2 Å². The van der Waals surface area contributed by atoms with Crippen LogP contribution in [0.15, 0.2) is 12.1 Å². The zero-order chi connectivity index (χ0) is 15.6. The van der Waals surface area contributed by atoms with Crippen LogP contribution in [-0.4, -0.2) is 11.7 Å². The Bertz CT molecular complexity index is 418. The van der Waals surface area contributed by atoms with Gasteiger partial charge in [0.1, 0.15) is 5.75 Å². The maximum absolute atomic E-state index is 10.6. The second kappa shape index (κ2) is 6.15. The lowest BCUT2D eigenvalue weighted by molar-refractivity contribution is 0.0463. The average Bonchev–Trinajstić information content (AvgIpc) is 2.28. The van der Waals surface area contributed by atoms with Crippen molar-refractivity contribution in [2.24, 2.45) is 0 Å². The van der Waals surface area contributed by atoms with Crippen molar-refractivity contribution in [3.05, 3.63) is 28.8 Å². The molecule has 3 heteroatoms. The maximum atomic E-state index is 10.6. The number of aromatic hydroxyl groups is 1. The molecule has 0 aromatic heterocycles. The molecule has 0 amide bonds. The molecule has 1 rings (SSSR count). The maximum Gasteiger partial charge on any atom is 0.123 e. The first-order valence-corrected chi connectivity index (χ1v) is 7.29. The minimum Gasteiger partial charge on any atom is -0.507 e. The fraction of sp³-hybridized carbons (Fsp3) is 0.647. The summed E-state index contributed by atoms with van der Waals surface area (Å²) >= 11 is 0. The molecule has 114 valence electrons. The predicted molar refractivity (Wildman–Crippen MR) is 84.0 cm³/mol. The van der Waals surface area contributed by atoms with Gasteiger partial charge in [0.2, 0.25) is 0 Å². The van der Waals surface area contributed by atoms with Crippen molar-refractivity contribution in [2.75, 3.05) is 6.61 Å². The molecule has 0 radical (unpaired) electrons. The van der Waals surface area contributed by atoms with Crippen molar-refractivity contribution in [1.82, 2.24) is 5.48 Å². The van der Waals surface area contributed by atoms with Crippen LogP contribution < -0.4 is 5.48 Å². The molecule has 0 bridgehead atoms. The van der Waals surface area contributed by atoms with Crippen LogP contribution in [0.5, 0.6) is 5.75 Å². The van der Waals surface area contributed by atoms with E-state index in [9.17, 15) is 5.11 Å². The fourth-order valence-corrected chi connectivity index (χ4v) is 2.18. The topological polar surface area (TPSA) is 41.5 Å². The highest BCUT2D eigenvalue weighted by molar-refractivity contribution is 5.49. The van der Waals surface area contributed by atoms with Crippen LogP contribution in [0.1, 0.15) is 65.2 Å². The van der Waals surface area contributed by atoms with Crippen LogP contribution in [0, 0.1) is 0 Å². The zero-order valence-corrected chi connectivity index (χ0v) is 13.9. The van der Waals surface area contributed by atoms with Gasteiger partial charge in [0.15, 0.2) is 0 Å². The molecule has 0 spiro atoms. The Morgan fingerprint density at radius 2 is 1.45 bits per heavy atom. The van der Waals surface area contributed by atoms with Gasteiger partial charge in [-0.1, -0.05) is 53.7 Å². The van der Waals surface area contributed by atoms with Gasteiger partial charge in [-0.25, -0.2) is 0 Å². The number of hydroxylamine groups is 1. The van der Waals surface area contributed by atoms with Gasteiger partial charge in [0, 0.05) is 6.54 Å². The lowest BCUT2D eigenvalue weighted by Gasteiger charge is -2.28. The molecular weight excluding hydrogens is 250 g/mol.